The topological polar surface area (TPSA) is 28.7 Å². The Kier molecular flexibility index (Phi) is 2.37. The zero-order chi connectivity index (χ0) is 9.97. The normalized spacial score (nSPS) is 10.1. The van der Waals surface area contributed by atoms with E-state index in [4.69, 9.17) is 12.2 Å². The van der Waals surface area contributed by atoms with Crippen molar-refractivity contribution in [3.05, 3.63) is 47.1 Å². The van der Waals surface area contributed by atoms with E-state index in [2.05, 4.69) is 9.97 Å². The van der Waals surface area contributed by atoms with Crippen molar-refractivity contribution in [2.75, 3.05) is 0 Å². The molecule has 2 rings (SSSR count). The van der Waals surface area contributed by atoms with Crippen LogP contribution in [0, 0.1) is 10.5 Å². The van der Waals surface area contributed by atoms with E-state index in [1.807, 2.05) is 0 Å². The summed E-state index contributed by atoms with van der Waals surface area (Å²) in [6.07, 6.45) is 3.10. The first-order valence-corrected chi connectivity index (χ1v) is 4.48. The molecule has 70 valence electrons. The Hall–Kier alpha value is -1.55. The number of hydrogen-bond donors (Lipinski definition) is 1. The monoisotopic (exact) mass is 206 g/mol. The van der Waals surface area contributed by atoms with Crippen LogP contribution in [-0.4, -0.2) is 9.97 Å². The highest BCUT2D eigenvalue weighted by Crippen LogP contribution is 2.18. The van der Waals surface area contributed by atoms with Gasteiger partial charge in [-0.15, -0.1) is 0 Å². The molecule has 2 aromatic rings. The molecule has 1 heterocycles. The van der Waals surface area contributed by atoms with E-state index >= 15 is 0 Å². The molecule has 0 spiro atoms. The SMILES string of the molecule is Fc1ccccc1-c1c[nH]c(=S)cn1. The number of H-pyrrole nitrogens is 1. The van der Waals surface area contributed by atoms with Crippen LogP contribution in [0.15, 0.2) is 36.7 Å². The van der Waals surface area contributed by atoms with Gasteiger partial charge in [0.05, 0.1) is 11.9 Å². The molecule has 0 aliphatic rings. The number of nitrogens with zero attached hydrogens (tertiary/aromatic N) is 1. The number of hydrogen-bond acceptors (Lipinski definition) is 2. The van der Waals surface area contributed by atoms with Crippen LogP contribution < -0.4 is 0 Å². The Labute approximate surface area is 85.5 Å². The molecular formula is C10H7FN2S. The van der Waals surface area contributed by atoms with Gasteiger partial charge in [-0.25, -0.2) is 4.39 Å². The summed E-state index contributed by atoms with van der Waals surface area (Å²) in [7, 11) is 0. The number of aromatic amines is 1. The van der Waals surface area contributed by atoms with Crippen molar-refractivity contribution < 1.29 is 4.39 Å². The average molecular weight is 206 g/mol. The minimum atomic E-state index is -0.287. The van der Waals surface area contributed by atoms with Crippen molar-refractivity contribution in [1.29, 1.82) is 0 Å². The molecule has 14 heavy (non-hydrogen) atoms. The first kappa shape index (κ1) is 9.02. The molecule has 1 N–H and O–H groups in total. The number of rotatable bonds is 1. The fourth-order valence-corrected chi connectivity index (χ4v) is 1.27. The molecule has 0 saturated carbocycles. The smallest absolute Gasteiger partial charge is 0.132 e. The van der Waals surface area contributed by atoms with Gasteiger partial charge >= 0.3 is 0 Å². The Morgan fingerprint density at radius 2 is 2.07 bits per heavy atom. The maximum absolute atomic E-state index is 13.3. The van der Waals surface area contributed by atoms with Gasteiger partial charge in [-0.05, 0) is 12.1 Å². The van der Waals surface area contributed by atoms with Gasteiger partial charge in [0.25, 0.3) is 0 Å². The molecular weight excluding hydrogens is 199 g/mol. The third kappa shape index (κ3) is 1.70. The Morgan fingerprint density at radius 3 is 2.71 bits per heavy atom. The second-order valence-corrected chi connectivity index (χ2v) is 3.22. The molecule has 0 amide bonds. The van der Waals surface area contributed by atoms with Crippen LogP contribution in [0.3, 0.4) is 0 Å². The summed E-state index contributed by atoms with van der Waals surface area (Å²) >= 11 is 4.84. The highest BCUT2D eigenvalue weighted by Gasteiger charge is 2.03. The third-order valence-corrected chi connectivity index (χ3v) is 2.05. The molecule has 0 fully saturated rings. The van der Waals surface area contributed by atoms with Crippen molar-refractivity contribution in [2.45, 2.75) is 0 Å². The first-order chi connectivity index (χ1) is 6.77. The molecule has 0 bridgehead atoms. The molecule has 0 radical (unpaired) electrons. The van der Waals surface area contributed by atoms with Crippen LogP contribution in [-0.2, 0) is 0 Å². The van der Waals surface area contributed by atoms with E-state index in [0.29, 0.717) is 15.9 Å². The summed E-state index contributed by atoms with van der Waals surface area (Å²) in [6.45, 7) is 0. The van der Waals surface area contributed by atoms with Gasteiger partial charge in [0.1, 0.15) is 10.5 Å². The summed E-state index contributed by atoms with van der Waals surface area (Å²) in [5, 5.41) is 0. The Bertz CT molecular complexity index is 487. The Balaban J connectivity index is 2.55. The van der Waals surface area contributed by atoms with E-state index in [1.165, 1.54) is 12.3 Å². The quantitative estimate of drug-likeness (QED) is 0.727. The fourth-order valence-electron chi connectivity index (χ4n) is 1.16. The molecule has 0 aliphatic heterocycles. The second-order valence-electron chi connectivity index (χ2n) is 2.78. The zero-order valence-electron chi connectivity index (χ0n) is 7.20. The number of benzene rings is 1. The minimum Gasteiger partial charge on any atom is -0.350 e. The maximum atomic E-state index is 13.3. The van der Waals surface area contributed by atoms with Crippen LogP contribution in [0.25, 0.3) is 11.3 Å². The van der Waals surface area contributed by atoms with Crippen molar-refractivity contribution in [2.24, 2.45) is 0 Å². The minimum absolute atomic E-state index is 0.287. The van der Waals surface area contributed by atoms with Gasteiger partial charge in [-0.1, -0.05) is 24.4 Å². The number of halogens is 1. The van der Waals surface area contributed by atoms with Crippen molar-refractivity contribution in [1.82, 2.24) is 9.97 Å². The summed E-state index contributed by atoms with van der Waals surface area (Å²) in [4.78, 5) is 6.85. The lowest BCUT2D eigenvalue weighted by molar-refractivity contribution is 0.630. The van der Waals surface area contributed by atoms with E-state index in [1.54, 1.807) is 24.4 Å². The van der Waals surface area contributed by atoms with Crippen LogP contribution in [0.2, 0.25) is 0 Å². The third-order valence-electron chi connectivity index (χ3n) is 1.82. The van der Waals surface area contributed by atoms with E-state index in [0.717, 1.165) is 0 Å². The highest BCUT2D eigenvalue weighted by atomic mass is 32.1. The summed E-state index contributed by atoms with van der Waals surface area (Å²) in [5.74, 6) is -0.287. The number of nitrogens with one attached hydrogen (secondary N) is 1. The lowest BCUT2D eigenvalue weighted by Crippen LogP contribution is -1.88. The molecule has 1 aromatic carbocycles. The van der Waals surface area contributed by atoms with E-state index in [9.17, 15) is 4.39 Å². The largest absolute Gasteiger partial charge is 0.350 e. The highest BCUT2D eigenvalue weighted by molar-refractivity contribution is 7.71. The standard InChI is InChI=1S/C10H7FN2S/c11-8-4-2-1-3-7(8)9-5-13-10(14)6-12-9/h1-6H,(H,13,14). The predicted molar refractivity (Wildman–Crippen MR) is 54.8 cm³/mol. The summed E-state index contributed by atoms with van der Waals surface area (Å²) in [6, 6.07) is 6.48. The fraction of sp³-hybridized carbons (Fsp3) is 0. The summed E-state index contributed by atoms with van der Waals surface area (Å²) < 4.78 is 13.8. The van der Waals surface area contributed by atoms with Gasteiger partial charge in [-0.3, -0.25) is 4.98 Å². The van der Waals surface area contributed by atoms with Crippen LogP contribution in [0.4, 0.5) is 4.39 Å². The van der Waals surface area contributed by atoms with Crippen LogP contribution in [0.1, 0.15) is 0 Å². The first-order valence-electron chi connectivity index (χ1n) is 4.07. The van der Waals surface area contributed by atoms with E-state index < -0.39 is 0 Å². The van der Waals surface area contributed by atoms with Gasteiger partial charge < -0.3 is 4.98 Å². The van der Waals surface area contributed by atoms with Crippen LogP contribution in [0.5, 0.6) is 0 Å². The predicted octanol–water partition coefficient (Wildman–Crippen LogP) is 2.95. The van der Waals surface area contributed by atoms with Crippen molar-refractivity contribution >= 4 is 12.2 Å². The second kappa shape index (κ2) is 3.67. The molecule has 1 aromatic heterocycles. The Morgan fingerprint density at radius 1 is 1.29 bits per heavy atom. The summed E-state index contributed by atoms with van der Waals surface area (Å²) in [5.41, 5.74) is 1.02. The molecule has 0 saturated heterocycles. The van der Waals surface area contributed by atoms with Gasteiger partial charge in [0.2, 0.25) is 0 Å². The molecule has 4 heteroatoms. The molecule has 0 unspecified atom stereocenters. The molecule has 2 nitrogen and oxygen atoms in total. The van der Waals surface area contributed by atoms with Gasteiger partial charge in [0, 0.05) is 11.8 Å². The van der Waals surface area contributed by atoms with Crippen molar-refractivity contribution in [3.8, 4) is 11.3 Å². The maximum Gasteiger partial charge on any atom is 0.132 e. The molecule has 0 aliphatic carbocycles. The lowest BCUT2D eigenvalue weighted by atomic mass is 10.1. The van der Waals surface area contributed by atoms with Gasteiger partial charge in [0.15, 0.2) is 0 Å². The van der Waals surface area contributed by atoms with Gasteiger partial charge in [-0.2, -0.15) is 0 Å². The van der Waals surface area contributed by atoms with Crippen LogP contribution >= 0.6 is 12.2 Å². The van der Waals surface area contributed by atoms with Crippen molar-refractivity contribution in [3.63, 3.8) is 0 Å². The number of aromatic nitrogens is 2. The molecule has 0 atom stereocenters. The lowest BCUT2D eigenvalue weighted by Gasteiger charge is -2.00. The average Bonchev–Trinajstić information content (AvgIpc) is 2.20. The zero-order valence-corrected chi connectivity index (χ0v) is 8.01. The van der Waals surface area contributed by atoms with E-state index in [-0.39, 0.29) is 5.82 Å².